The minimum absolute atomic E-state index is 0.127. The Kier molecular flexibility index (Phi) is 3.05. The Hall–Kier alpha value is -0.450. The van der Waals surface area contributed by atoms with Crippen LogP contribution < -0.4 is 0 Å². The molecule has 0 aromatic rings. The van der Waals surface area contributed by atoms with Crippen molar-refractivity contribution in [2.45, 2.75) is 12.6 Å². The van der Waals surface area contributed by atoms with Gasteiger partial charge in [-0.25, -0.2) is 0 Å². The van der Waals surface area contributed by atoms with Crippen molar-refractivity contribution in [2.24, 2.45) is 5.92 Å². The van der Waals surface area contributed by atoms with Crippen molar-refractivity contribution in [2.75, 3.05) is 19.0 Å². The van der Waals surface area contributed by atoms with Gasteiger partial charge in [0.05, 0.1) is 0 Å². The zero-order chi connectivity index (χ0) is 10.1. The van der Waals surface area contributed by atoms with Crippen molar-refractivity contribution in [3.05, 3.63) is 0 Å². The van der Waals surface area contributed by atoms with Gasteiger partial charge in [-0.05, 0) is 5.92 Å². The van der Waals surface area contributed by atoms with E-state index in [0.29, 0.717) is 0 Å². The fourth-order valence-corrected chi connectivity index (χ4v) is 1.53. The summed E-state index contributed by atoms with van der Waals surface area (Å²) in [6.07, 6.45) is -4.17. The second kappa shape index (κ2) is 3.74. The van der Waals surface area contributed by atoms with E-state index in [2.05, 4.69) is 0 Å². The SMILES string of the molecule is O=C1CC(CCl)CN1CC(F)(F)F. The Morgan fingerprint density at radius 2 is 2.15 bits per heavy atom. The Balaban J connectivity index is 2.49. The molecule has 6 heteroatoms. The highest BCUT2D eigenvalue weighted by molar-refractivity contribution is 6.18. The molecular formula is C7H9ClF3NO. The summed E-state index contributed by atoms with van der Waals surface area (Å²) in [5.41, 5.74) is 0. The number of carbonyl (C=O) groups is 1. The van der Waals surface area contributed by atoms with Gasteiger partial charge in [0.2, 0.25) is 5.91 Å². The van der Waals surface area contributed by atoms with Crippen molar-refractivity contribution < 1.29 is 18.0 Å². The summed E-state index contributed by atoms with van der Waals surface area (Å²) in [5.74, 6) is -0.348. The lowest BCUT2D eigenvalue weighted by atomic mass is 10.2. The van der Waals surface area contributed by atoms with Gasteiger partial charge in [0.1, 0.15) is 6.54 Å². The maximum Gasteiger partial charge on any atom is 0.406 e. The first kappa shape index (κ1) is 10.6. The number of amides is 1. The van der Waals surface area contributed by atoms with Crippen LogP contribution in [0.1, 0.15) is 6.42 Å². The summed E-state index contributed by atoms with van der Waals surface area (Å²) in [6.45, 7) is -1.03. The molecule has 1 aliphatic heterocycles. The van der Waals surface area contributed by atoms with Gasteiger partial charge in [0, 0.05) is 18.8 Å². The third kappa shape index (κ3) is 3.06. The maximum atomic E-state index is 11.9. The molecule has 0 aromatic carbocycles. The average Bonchev–Trinajstić information content (AvgIpc) is 2.29. The Bertz CT molecular complexity index is 206. The van der Waals surface area contributed by atoms with Crippen molar-refractivity contribution >= 4 is 17.5 Å². The van der Waals surface area contributed by atoms with Crippen LogP contribution >= 0.6 is 11.6 Å². The van der Waals surface area contributed by atoms with Crippen LogP contribution in [-0.4, -0.2) is 36.0 Å². The standard InChI is InChI=1S/C7H9ClF3NO/c8-2-5-1-6(13)12(3-5)4-7(9,10)11/h5H,1-4H2. The highest BCUT2D eigenvalue weighted by Crippen LogP contribution is 2.24. The van der Waals surface area contributed by atoms with Gasteiger partial charge < -0.3 is 4.90 Å². The minimum atomic E-state index is -4.31. The number of hydrogen-bond donors (Lipinski definition) is 0. The zero-order valence-electron chi connectivity index (χ0n) is 6.77. The normalized spacial score (nSPS) is 24.2. The molecule has 0 aliphatic carbocycles. The second-order valence-corrected chi connectivity index (χ2v) is 3.42. The summed E-state index contributed by atoms with van der Waals surface area (Å²) >= 11 is 5.45. The van der Waals surface area contributed by atoms with Crippen LogP contribution in [0, 0.1) is 5.92 Å². The smallest absolute Gasteiger partial charge is 0.333 e. The molecule has 0 radical (unpaired) electrons. The Morgan fingerprint density at radius 3 is 2.54 bits per heavy atom. The fraction of sp³-hybridized carbons (Fsp3) is 0.857. The molecule has 0 spiro atoms. The molecule has 1 fully saturated rings. The molecule has 1 rings (SSSR count). The molecule has 2 nitrogen and oxygen atoms in total. The van der Waals surface area contributed by atoms with Crippen molar-refractivity contribution in [3.8, 4) is 0 Å². The van der Waals surface area contributed by atoms with Crippen LogP contribution in [0.3, 0.4) is 0 Å². The van der Waals surface area contributed by atoms with Crippen LogP contribution in [0.5, 0.6) is 0 Å². The van der Waals surface area contributed by atoms with Gasteiger partial charge in [-0.2, -0.15) is 13.2 Å². The van der Waals surface area contributed by atoms with Crippen molar-refractivity contribution in [1.29, 1.82) is 0 Å². The van der Waals surface area contributed by atoms with Gasteiger partial charge in [-0.1, -0.05) is 0 Å². The van der Waals surface area contributed by atoms with Crippen LogP contribution in [-0.2, 0) is 4.79 Å². The molecule has 0 N–H and O–H groups in total. The van der Waals surface area contributed by atoms with E-state index in [9.17, 15) is 18.0 Å². The second-order valence-electron chi connectivity index (χ2n) is 3.11. The lowest BCUT2D eigenvalue weighted by molar-refractivity contribution is -0.157. The Labute approximate surface area is 78.6 Å². The summed E-state index contributed by atoms with van der Waals surface area (Å²) < 4.78 is 35.7. The molecule has 13 heavy (non-hydrogen) atoms. The van der Waals surface area contributed by atoms with Gasteiger partial charge in [-0.3, -0.25) is 4.79 Å². The quantitative estimate of drug-likeness (QED) is 0.642. The van der Waals surface area contributed by atoms with Crippen molar-refractivity contribution in [3.63, 3.8) is 0 Å². The zero-order valence-corrected chi connectivity index (χ0v) is 7.53. The monoisotopic (exact) mass is 215 g/mol. The van der Waals surface area contributed by atoms with Crippen LogP contribution in [0.25, 0.3) is 0 Å². The Morgan fingerprint density at radius 1 is 1.54 bits per heavy atom. The number of alkyl halides is 4. The van der Waals surface area contributed by atoms with Crippen LogP contribution in [0.2, 0.25) is 0 Å². The maximum absolute atomic E-state index is 11.9. The average molecular weight is 216 g/mol. The highest BCUT2D eigenvalue weighted by atomic mass is 35.5. The number of nitrogens with zero attached hydrogens (tertiary/aromatic N) is 1. The van der Waals surface area contributed by atoms with E-state index in [1.807, 2.05) is 0 Å². The van der Waals surface area contributed by atoms with E-state index in [-0.39, 0.29) is 24.8 Å². The predicted octanol–water partition coefficient (Wildman–Crippen LogP) is 1.64. The highest BCUT2D eigenvalue weighted by Gasteiger charge is 2.37. The third-order valence-corrected chi connectivity index (χ3v) is 2.32. The molecule has 76 valence electrons. The van der Waals surface area contributed by atoms with Crippen LogP contribution in [0.4, 0.5) is 13.2 Å². The first-order valence-corrected chi connectivity index (χ1v) is 4.36. The number of halogens is 4. The predicted molar refractivity (Wildman–Crippen MR) is 41.5 cm³/mol. The largest absolute Gasteiger partial charge is 0.406 e. The first-order valence-electron chi connectivity index (χ1n) is 3.83. The van der Waals surface area contributed by atoms with Gasteiger partial charge in [0.15, 0.2) is 0 Å². The van der Waals surface area contributed by atoms with Crippen LogP contribution in [0.15, 0.2) is 0 Å². The molecule has 1 saturated heterocycles. The molecular weight excluding hydrogens is 207 g/mol. The molecule has 1 amide bonds. The first-order chi connectivity index (χ1) is 5.92. The number of hydrogen-bond acceptors (Lipinski definition) is 1. The fourth-order valence-electron chi connectivity index (χ4n) is 1.33. The van der Waals surface area contributed by atoms with Gasteiger partial charge >= 0.3 is 6.18 Å². The lowest BCUT2D eigenvalue weighted by Crippen LogP contribution is -2.35. The summed E-state index contributed by atoms with van der Waals surface area (Å²) in [6, 6.07) is 0. The molecule has 1 heterocycles. The molecule has 0 bridgehead atoms. The van der Waals surface area contributed by atoms with Crippen molar-refractivity contribution in [1.82, 2.24) is 4.90 Å². The van der Waals surface area contributed by atoms with E-state index in [4.69, 9.17) is 11.6 Å². The van der Waals surface area contributed by atoms with Gasteiger partial charge in [0.25, 0.3) is 0 Å². The van der Waals surface area contributed by atoms with Gasteiger partial charge in [-0.15, -0.1) is 11.6 Å². The molecule has 1 aliphatic rings. The van der Waals surface area contributed by atoms with E-state index >= 15 is 0 Å². The molecule has 1 atom stereocenters. The van der Waals surface area contributed by atoms with E-state index < -0.39 is 18.6 Å². The molecule has 1 unspecified atom stereocenters. The molecule has 0 saturated carbocycles. The summed E-state index contributed by atoms with van der Waals surface area (Å²) in [4.78, 5) is 11.8. The number of likely N-dealkylation sites (tertiary alicyclic amines) is 1. The molecule has 0 aromatic heterocycles. The third-order valence-electron chi connectivity index (χ3n) is 1.88. The lowest BCUT2D eigenvalue weighted by Gasteiger charge is -2.17. The summed E-state index contributed by atoms with van der Waals surface area (Å²) in [7, 11) is 0. The summed E-state index contributed by atoms with van der Waals surface area (Å²) in [5, 5.41) is 0. The number of rotatable bonds is 2. The minimum Gasteiger partial charge on any atom is -0.333 e. The topological polar surface area (TPSA) is 20.3 Å². The van der Waals surface area contributed by atoms with E-state index in [1.54, 1.807) is 0 Å². The van der Waals surface area contributed by atoms with E-state index in [0.717, 1.165) is 4.90 Å². The van der Waals surface area contributed by atoms with E-state index in [1.165, 1.54) is 0 Å². The number of carbonyl (C=O) groups excluding carboxylic acids is 1.